The van der Waals surface area contributed by atoms with E-state index in [0.717, 1.165) is 0 Å². The van der Waals surface area contributed by atoms with Gasteiger partial charge in [0.25, 0.3) is 6.43 Å². The first-order chi connectivity index (χ1) is 6.06. The number of nitrogen functional groups attached to an aromatic ring is 1. The second-order valence-corrected chi connectivity index (χ2v) is 2.62. The second-order valence-electron chi connectivity index (χ2n) is 2.26. The molecule has 0 spiro atoms. The van der Waals surface area contributed by atoms with E-state index in [9.17, 15) is 8.78 Å². The number of halogens is 3. The number of pyridine rings is 1. The predicted octanol–water partition coefficient (Wildman–Crippen LogP) is 2.26. The van der Waals surface area contributed by atoms with Crippen LogP contribution in [0.4, 0.5) is 14.5 Å². The third-order valence-electron chi connectivity index (χ3n) is 1.45. The number of rotatable bonds is 2. The summed E-state index contributed by atoms with van der Waals surface area (Å²) in [5, 5.41) is -0.327. The fourth-order valence-corrected chi connectivity index (χ4v) is 1.11. The zero-order chi connectivity index (χ0) is 10.0. The van der Waals surface area contributed by atoms with Gasteiger partial charge in [-0.3, -0.25) is 0 Å². The Labute approximate surface area is 78.5 Å². The molecule has 0 unspecified atom stereocenters. The summed E-state index contributed by atoms with van der Waals surface area (Å²) in [6.45, 7) is 0. The molecule has 0 atom stereocenters. The molecule has 0 aromatic carbocycles. The van der Waals surface area contributed by atoms with E-state index in [2.05, 4.69) is 4.98 Å². The number of methoxy groups -OCH3 is 1. The van der Waals surface area contributed by atoms with Crippen LogP contribution in [0.1, 0.15) is 12.0 Å². The first kappa shape index (κ1) is 9.98. The number of anilines is 1. The standard InChI is InChI=1S/C7H7ClF2N2O/c1-13-4-2-3(11)5(7(9)10)6(8)12-4/h2,7H,1H3,(H2,11,12). The van der Waals surface area contributed by atoms with Crippen molar-refractivity contribution in [1.82, 2.24) is 4.98 Å². The van der Waals surface area contributed by atoms with E-state index in [0.29, 0.717) is 0 Å². The van der Waals surface area contributed by atoms with Crippen molar-refractivity contribution < 1.29 is 13.5 Å². The SMILES string of the molecule is COc1cc(N)c(C(F)F)c(Cl)n1. The van der Waals surface area contributed by atoms with E-state index in [1.165, 1.54) is 13.2 Å². The Morgan fingerprint density at radius 2 is 2.23 bits per heavy atom. The molecule has 1 aromatic heterocycles. The highest BCUT2D eigenvalue weighted by molar-refractivity contribution is 6.30. The zero-order valence-corrected chi connectivity index (χ0v) is 7.48. The lowest BCUT2D eigenvalue weighted by Gasteiger charge is -2.07. The molecule has 72 valence electrons. The van der Waals surface area contributed by atoms with E-state index >= 15 is 0 Å². The van der Waals surface area contributed by atoms with E-state index < -0.39 is 12.0 Å². The number of ether oxygens (including phenoxy) is 1. The summed E-state index contributed by atoms with van der Waals surface area (Å²) < 4.78 is 29.2. The van der Waals surface area contributed by atoms with Gasteiger partial charge in [-0.1, -0.05) is 11.6 Å². The van der Waals surface area contributed by atoms with Crippen LogP contribution in [0.5, 0.6) is 5.88 Å². The van der Waals surface area contributed by atoms with Crippen LogP contribution in [-0.4, -0.2) is 12.1 Å². The average Bonchev–Trinajstić information content (AvgIpc) is 2.02. The first-order valence-electron chi connectivity index (χ1n) is 3.34. The van der Waals surface area contributed by atoms with Crippen molar-refractivity contribution in [3.05, 3.63) is 16.8 Å². The summed E-state index contributed by atoms with van der Waals surface area (Å²) in [5.74, 6) is 0.118. The molecule has 0 saturated carbocycles. The van der Waals surface area contributed by atoms with Gasteiger partial charge in [-0.05, 0) is 0 Å². The lowest BCUT2D eigenvalue weighted by Crippen LogP contribution is -1.99. The first-order valence-corrected chi connectivity index (χ1v) is 3.72. The molecule has 1 aromatic rings. The maximum absolute atomic E-state index is 12.3. The predicted molar refractivity (Wildman–Crippen MR) is 45.2 cm³/mol. The summed E-state index contributed by atoms with van der Waals surface area (Å²) in [6.07, 6.45) is -2.73. The molecule has 0 aliphatic rings. The zero-order valence-electron chi connectivity index (χ0n) is 6.72. The molecule has 3 nitrogen and oxygen atoms in total. The summed E-state index contributed by atoms with van der Waals surface area (Å²) in [4.78, 5) is 3.56. The molecular formula is C7H7ClF2N2O. The van der Waals surface area contributed by atoms with E-state index in [1.807, 2.05) is 0 Å². The molecular weight excluding hydrogens is 202 g/mol. The van der Waals surface area contributed by atoms with E-state index in [-0.39, 0.29) is 16.7 Å². The lowest BCUT2D eigenvalue weighted by molar-refractivity contribution is 0.152. The molecule has 0 saturated heterocycles. The van der Waals surface area contributed by atoms with Crippen LogP contribution in [0.2, 0.25) is 5.15 Å². The fraction of sp³-hybridized carbons (Fsp3) is 0.286. The van der Waals surface area contributed by atoms with Gasteiger partial charge in [0.05, 0.1) is 12.7 Å². The van der Waals surface area contributed by atoms with Crippen LogP contribution < -0.4 is 10.5 Å². The second kappa shape index (κ2) is 3.74. The number of nitrogens with zero attached hydrogens (tertiary/aromatic N) is 1. The minimum absolute atomic E-state index is 0.118. The number of nitrogens with two attached hydrogens (primary N) is 1. The molecule has 0 amide bonds. The normalized spacial score (nSPS) is 10.5. The highest BCUT2D eigenvalue weighted by Crippen LogP contribution is 2.32. The maximum atomic E-state index is 12.3. The molecule has 1 heterocycles. The number of alkyl halides is 2. The summed E-state index contributed by atoms with van der Waals surface area (Å²) >= 11 is 5.46. The van der Waals surface area contributed by atoms with Crippen LogP contribution in [0.15, 0.2) is 6.07 Å². The lowest BCUT2D eigenvalue weighted by atomic mass is 10.2. The smallest absolute Gasteiger partial charge is 0.268 e. The number of hydrogen-bond donors (Lipinski definition) is 1. The summed E-state index contributed by atoms with van der Waals surface area (Å²) in [6, 6.07) is 1.20. The summed E-state index contributed by atoms with van der Waals surface area (Å²) in [7, 11) is 1.35. The summed E-state index contributed by atoms with van der Waals surface area (Å²) in [5.41, 5.74) is 4.74. The van der Waals surface area contributed by atoms with Gasteiger partial charge in [0, 0.05) is 11.8 Å². The van der Waals surface area contributed by atoms with Crippen molar-refractivity contribution in [3.63, 3.8) is 0 Å². The van der Waals surface area contributed by atoms with Crippen molar-refractivity contribution in [2.24, 2.45) is 0 Å². The van der Waals surface area contributed by atoms with E-state index in [4.69, 9.17) is 22.1 Å². The van der Waals surface area contributed by atoms with Gasteiger partial charge in [0.15, 0.2) is 0 Å². The molecule has 0 fully saturated rings. The fourth-order valence-electron chi connectivity index (χ4n) is 0.840. The minimum atomic E-state index is -2.73. The van der Waals surface area contributed by atoms with Crippen molar-refractivity contribution in [2.45, 2.75) is 6.43 Å². The Morgan fingerprint density at radius 3 is 2.62 bits per heavy atom. The van der Waals surface area contributed by atoms with Crippen molar-refractivity contribution in [3.8, 4) is 5.88 Å². The van der Waals surface area contributed by atoms with Gasteiger partial charge in [-0.15, -0.1) is 0 Å². The number of aromatic nitrogens is 1. The number of hydrogen-bond acceptors (Lipinski definition) is 3. The van der Waals surface area contributed by atoms with E-state index in [1.54, 1.807) is 0 Å². The van der Waals surface area contributed by atoms with Gasteiger partial charge in [0.2, 0.25) is 5.88 Å². The highest BCUT2D eigenvalue weighted by Gasteiger charge is 2.18. The Balaban J connectivity index is 3.23. The van der Waals surface area contributed by atoms with Gasteiger partial charge in [0.1, 0.15) is 5.15 Å². The highest BCUT2D eigenvalue weighted by atomic mass is 35.5. The molecule has 1 rings (SSSR count). The average molecular weight is 209 g/mol. The van der Waals surface area contributed by atoms with Gasteiger partial charge >= 0.3 is 0 Å². The molecule has 0 aliphatic carbocycles. The van der Waals surface area contributed by atoms with Crippen LogP contribution in [0, 0.1) is 0 Å². The molecule has 2 N–H and O–H groups in total. The van der Waals surface area contributed by atoms with Gasteiger partial charge < -0.3 is 10.5 Å². The topological polar surface area (TPSA) is 48.1 Å². The third-order valence-corrected chi connectivity index (χ3v) is 1.74. The molecule has 0 radical (unpaired) electrons. The Hall–Kier alpha value is -1.10. The maximum Gasteiger partial charge on any atom is 0.268 e. The van der Waals surface area contributed by atoms with Crippen LogP contribution in [0.25, 0.3) is 0 Å². The Kier molecular flexibility index (Phi) is 2.87. The van der Waals surface area contributed by atoms with Crippen molar-refractivity contribution >= 4 is 17.3 Å². The molecule has 13 heavy (non-hydrogen) atoms. The molecule has 0 aliphatic heterocycles. The quantitative estimate of drug-likeness (QED) is 0.759. The Bertz CT molecular complexity index is 296. The van der Waals surface area contributed by atoms with Crippen LogP contribution >= 0.6 is 11.6 Å². The molecule has 0 bridgehead atoms. The van der Waals surface area contributed by atoms with Gasteiger partial charge in [-0.2, -0.15) is 0 Å². The third kappa shape index (κ3) is 1.98. The van der Waals surface area contributed by atoms with Crippen molar-refractivity contribution in [1.29, 1.82) is 0 Å². The van der Waals surface area contributed by atoms with Crippen molar-refractivity contribution in [2.75, 3.05) is 12.8 Å². The van der Waals surface area contributed by atoms with Gasteiger partial charge in [-0.25, -0.2) is 13.8 Å². The largest absolute Gasteiger partial charge is 0.481 e. The van der Waals surface area contributed by atoms with Crippen LogP contribution in [0.3, 0.4) is 0 Å². The molecule has 6 heteroatoms. The van der Waals surface area contributed by atoms with Crippen LogP contribution in [-0.2, 0) is 0 Å². The monoisotopic (exact) mass is 208 g/mol. The Morgan fingerprint density at radius 1 is 1.62 bits per heavy atom. The minimum Gasteiger partial charge on any atom is -0.481 e.